The lowest BCUT2D eigenvalue weighted by molar-refractivity contribution is 0.226. The van der Waals surface area contributed by atoms with Crippen molar-refractivity contribution in [3.05, 3.63) is 11.3 Å². The van der Waals surface area contributed by atoms with Crippen LogP contribution in [0.4, 0.5) is 0 Å². The fourth-order valence-electron chi connectivity index (χ4n) is 1.90. The quantitative estimate of drug-likeness (QED) is 0.499. The van der Waals surface area contributed by atoms with Crippen molar-refractivity contribution >= 4 is 0 Å². The summed E-state index contributed by atoms with van der Waals surface area (Å²) in [5.74, 6) is 2.23. The van der Waals surface area contributed by atoms with Crippen LogP contribution in [-0.2, 0) is 4.74 Å². The first-order chi connectivity index (χ1) is 4.86. The van der Waals surface area contributed by atoms with E-state index in [1.165, 1.54) is 31.4 Å². The largest absolute Gasteiger partial charge is 0.498 e. The average molecular weight is 138 g/mol. The summed E-state index contributed by atoms with van der Waals surface area (Å²) in [6, 6.07) is 0. The summed E-state index contributed by atoms with van der Waals surface area (Å²) in [4.78, 5) is 0. The van der Waals surface area contributed by atoms with Crippen molar-refractivity contribution < 1.29 is 4.74 Å². The van der Waals surface area contributed by atoms with Crippen LogP contribution in [0.3, 0.4) is 0 Å². The molecule has 1 aliphatic heterocycles. The Balaban J connectivity index is 2.13. The van der Waals surface area contributed by atoms with Gasteiger partial charge in [-0.05, 0) is 24.3 Å². The Hall–Kier alpha value is -0.460. The van der Waals surface area contributed by atoms with Crippen molar-refractivity contribution in [2.45, 2.75) is 32.6 Å². The Morgan fingerprint density at radius 2 is 2.30 bits per heavy atom. The Labute approximate surface area is 62.1 Å². The molecule has 0 radical (unpaired) electrons. The van der Waals surface area contributed by atoms with Crippen molar-refractivity contribution in [3.8, 4) is 0 Å². The zero-order chi connectivity index (χ0) is 6.97. The maximum Gasteiger partial charge on any atom is 0.0953 e. The van der Waals surface area contributed by atoms with E-state index in [9.17, 15) is 0 Å². The highest BCUT2D eigenvalue weighted by molar-refractivity contribution is 5.16. The molecule has 0 N–H and O–H groups in total. The summed E-state index contributed by atoms with van der Waals surface area (Å²) < 4.78 is 5.48. The molecule has 0 amide bonds. The third-order valence-electron chi connectivity index (χ3n) is 2.53. The topological polar surface area (TPSA) is 9.23 Å². The monoisotopic (exact) mass is 138 g/mol. The van der Waals surface area contributed by atoms with Crippen molar-refractivity contribution in [2.24, 2.45) is 5.92 Å². The fourth-order valence-corrected chi connectivity index (χ4v) is 1.90. The van der Waals surface area contributed by atoms with Gasteiger partial charge in [0.15, 0.2) is 0 Å². The summed E-state index contributed by atoms with van der Waals surface area (Å²) >= 11 is 0. The molecule has 0 aromatic heterocycles. The van der Waals surface area contributed by atoms with Gasteiger partial charge in [-0.15, -0.1) is 0 Å². The van der Waals surface area contributed by atoms with Crippen molar-refractivity contribution in [1.82, 2.24) is 0 Å². The summed E-state index contributed by atoms with van der Waals surface area (Å²) in [6.07, 6.45) is 5.05. The van der Waals surface area contributed by atoms with Crippen LogP contribution in [0.1, 0.15) is 32.6 Å². The second kappa shape index (κ2) is 2.30. The van der Waals surface area contributed by atoms with Crippen LogP contribution < -0.4 is 0 Å². The predicted octanol–water partition coefficient (Wildman–Crippen LogP) is 2.48. The van der Waals surface area contributed by atoms with Gasteiger partial charge in [0.05, 0.1) is 12.4 Å². The van der Waals surface area contributed by atoms with Gasteiger partial charge in [-0.3, -0.25) is 0 Å². The molecule has 0 aromatic carbocycles. The minimum Gasteiger partial charge on any atom is -0.498 e. The molecule has 1 unspecified atom stereocenters. The smallest absolute Gasteiger partial charge is 0.0953 e. The van der Waals surface area contributed by atoms with Gasteiger partial charge in [0, 0.05) is 12.8 Å². The van der Waals surface area contributed by atoms with Crippen molar-refractivity contribution in [1.29, 1.82) is 0 Å². The predicted molar refractivity (Wildman–Crippen MR) is 40.6 cm³/mol. The molecule has 0 aromatic rings. The normalized spacial score (nSPS) is 31.9. The minimum absolute atomic E-state index is 0.903. The SMILES string of the molecule is CC1CCC2=C(CCO2)C1. The van der Waals surface area contributed by atoms with Gasteiger partial charge in [-0.25, -0.2) is 0 Å². The summed E-state index contributed by atoms with van der Waals surface area (Å²) in [5, 5.41) is 0. The highest BCUT2D eigenvalue weighted by Crippen LogP contribution is 2.35. The van der Waals surface area contributed by atoms with E-state index >= 15 is 0 Å². The molecule has 1 heterocycles. The fraction of sp³-hybridized carbons (Fsp3) is 0.778. The van der Waals surface area contributed by atoms with Crippen LogP contribution in [-0.4, -0.2) is 6.61 Å². The summed E-state index contributed by atoms with van der Waals surface area (Å²) in [6.45, 7) is 3.29. The second-order valence-corrected chi connectivity index (χ2v) is 3.47. The average Bonchev–Trinajstić information content (AvgIpc) is 2.33. The lowest BCUT2D eigenvalue weighted by Crippen LogP contribution is -2.04. The van der Waals surface area contributed by atoms with Gasteiger partial charge in [-0.2, -0.15) is 0 Å². The third kappa shape index (κ3) is 0.938. The molecular weight excluding hydrogens is 124 g/mol. The number of ether oxygens (including phenoxy) is 1. The van der Waals surface area contributed by atoms with Gasteiger partial charge in [0.1, 0.15) is 0 Å². The molecule has 0 saturated heterocycles. The third-order valence-corrected chi connectivity index (χ3v) is 2.53. The van der Waals surface area contributed by atoms with E-state index in [-0.39, 0.29) is 0 Å². The summed E-state index contributed by atoms with van der Waals surface area (Å²) in [7, 11) is 0. The van der Waals surface area contributed by atoms with Crippen LogP contribution >= 0.6 is 0 Å². The molecular formula is C9H14O. The molecule has 2 rings (SSSR count). The molecule has 2 aliphatic rings. The van der Waals surface area contributed by atoms with Gasteiger partial charge in [0.2, 0.25) is 0 Å². The van der Waals surface area contributed by atoms with Gasteiger partial charge < -0.3 is 4.74 Å². The minimum atomic E-state index is 0.903. The zero-order valence-corrected chi connectivity index (χ0v) is 6.52. The van der Waals surface area contributed by atoms with E-state index in [4.69, 9.17) is 4.74 Å². The number of allylic oxidation sites excluding steroid dienone is 1. The highest BCUT2D eigenvalue weighted by Gasteiger charge is 2.22. The number of rotatable bonds is 0. The maximum atomic E-state index is 5.48. The molecule has 1 nitrogen and oxygen atoms in total. The molecule has 0 bridgehead atoms. The van der Waals surface area contributed by atoms with E-state index < -0.39 is 0 Å². The molecule has 0 spiro atoms. The van der Waals surface area contributed by atoms with E-state index in [1.807, 2.05) is 0 Å². The standard InChI is InChI=1S/C9H14O/c1-7-2-3-9-8(6-7)4-5-10-9/h7H,2-6H2,1H3. The van der Waals surface area contributed by atoms with Crippen LogP contribution in [0.2, 0.25) is 0 Å². The highest BCUT2D eigenvalue weighted by atomic mass is 16.5. The second-order valence-electron chi connectivity index (χ2n) is 3.47. The summed E-state index contributed by atoms with van der Waals surface area (Å²) in [5.41, 5.74) is 1.61. The van der Waals surface area contributed by atoms with Crippen LogP contribution in [0.5, 0.6) is 0 Å². The van der Waals surface area contributed by atoms with Gasteiger partial charge in [0.25, 0.3) is 0 Å². The van der Waals surface area contributed by atoms with Crippen LogP contribution in [0, 0.1) is 5.92 Å². The van der Waals surface area contributed by atoms with Crippen molar-refractivity contribution in [2.75, 3.05) is 6.61 Å². The molecule has 0 saturated carbocycles. The van der Waals surface area contributed by atoms with Crippen LogP contribution in [0.15, 0.2) is 11.3 Å². The van der Waals surface area contributed by atoms with E-state index in [2.05, 4.69) is 6.92 Å². The molecule has 56 valence electrons. The van der Waals surface area contributed by atoms with Gasteiger partial charge in [-0.1, -0.05) is 6.92 Å². The first kappa shape index (κ1) is 6.26. The lowest BCUT2D eigenvalue weighted by Gasteiger charge is -2.18. The van der Waals surface area contributed by atoms with E-state index in [0.29, 0.717) is 0 Å². The molecule has 1 atom stereocenters. The Morgan fingerprint density at radius 3 is 3.20 bits per heavy atom. The van der Waals surface area contributed by atoms with Gasteiger partial charge >= 0.3 is 0 Å². The Kier molecular flexibility index (Phi) is 1.44. The zero-order valence-electron chi connectivity index (χ0n) is 6.52. The maximum absolute atomic E-state index is 5.48. The lowest BCUT2D eigenvalue weighted by atomic mass is 9.89. The first-order valence-corrected chi connectivity index (χ1v) is 4.20. The number of hydrogen-bond donors (Lipinski definition) is 0. The number of hydrogen-bond acceptors (Lipinski definition) is 1. The Morgan fingerprint density at radius 1 is 1.40 bits per heavy atom. The van der Waals surface area contributed by atoms with Crippen LogP contribution in [0.25, 0.3) is 0 Å². The molecule has 10 heavy (non-hydrogen) atoms. The van der Waals surface area contributed by atoms with E-state index in [1.54, 1.807) is 5.57 Å². The molecule has 1 heteroatoms. The van der Waals surface area contributed by atoms with E-state index in [0.717, 1.165) is 12.5 Å². The Bertz CT molecular complexity index is 170. The first-order valence-electron chi connectivity index (χ1n) is 4.20. The van der Waals surface area contributed by atoms with Crippen molar-refractivity contribution in [3.63, 3.8) is 0 Å². The molecule has 1 aliphatic carbocycles. The molecule has 0 fully saturated rings.